The van der Waals surface area contributed by atoms with Crippen LogP contribution in [0.5, 0.6) is 0 Å². The van der Waals surface area contributed by atoms with Crippen molar-refractivity contribution in [2.45, 2.75) is 12.2 Å². The summed E-state index contributed by atoms with van der Waals surface area (Å²) in [6.45, 7) is 2.88. The number of para-hydroxylation sites is 1. The summed E-state index contributed by atoms with van der Waals surface area (Å²) < 4.78 is 5.79. The normalized spacial score (nSPS) is 16.9. The average Bonchev–Trinajstić information content (AvgIpc) is 2.90. The molecule has 1 aliphatic heterocycles. The molecule has 0 N–H and O–H groups in total. The first-order valence-electron chi connectivity index (χ1n) is 6.04. The van der Waals surface area contributed by atoms with Gasteiger partial charge in [-0.25, -0.2) is 0 Å². The van der Waals surface area contributed by atoms with Gasteiger partial charge in [-0.05, 0) is 0 Å². The molecule has 0 aliphatic carbocycles. The molecule has 5 heteroatoms. The van der Waals surface area contributed by atoms with Crippen molar-refractivity contribution in [1.29, 1.82) is 5.26 Å². The van der Waals surface area contributed by atoms with Crippen LogP contribution in [0.15, 0.2) is 40.5 Å². The van der Waals surface area contributed by atoms with Gasteiger partial charge >= 0.3 is 118 Å². The predicted octanol–water partition coefficient (Wildman–Crippen LogP) is 1.93. The summed E-state index contributed by atoms with van der Waals surface area (Å²) >= 11 is 0.146. The van der Waals surface area contributed by atoms with Crippen molar-refractivity contribution in [1.82, 2.24) is 0 Å². The second kappa shape index (κ2) is 6.42. The van der Waals surface area contributed by atoms with Gasteiger partial charge in [0.1, 0.15) is 0 Å². The van der Waals surface area contributed by atoms with Gasteiger partial charge in [0, 0.05) is 0 Å². The van der Waals surface area contributed by atoms with Gasteiger partial charge in [-0.1, -0.05) is 0 Å². The van der Waals surface area contributed by atoms with E-state index in [0.29, 0.717) is 0 Å². The predicted molar refractivity (Wildman–Crippen MR) is 73.6 cm³/mol. The van der Waals surface area contributed by atoms with Gasteiger partial charge in [-0.2, -0.15) is 0 Å². The molecule has 1 aromatic rings. The Labute approximate surface area is 118 Å². The zero-order chi connectivity index (χ0) is 13.7. The van der Waals surface area contributed by atoms with Crippen LogP contribution >= 0.6 is 0 Å². The van der Waals surface area contributed by atoms with E-state index in [1.54, 1.807) is 6.92 Å². The molecule has 4 nitrogen and oxygen atoms in total. The zero-order valence-corrected chi connectivity index (χ0v) is 12.3. The number of anilines is 1. The van der Waals surface area contributed by atoms with Crippen molar-refractivity contribution in [2.24, 2.45) is 0 Å². The molecule has 1 saturated heterocycles. The van der Waals surface area contributed by atoms with E-state index in [1.807, 2.05) is 36.4 Å². The Morgan fingerprint density at radius 2 is 2.21 bits per heavy atom. The molecule has 1 aliphatic rings. The number of carbonyl (C=O) groups excluding carboxylic acids is 1. The van der Waals surface area contributed by atoms with Crippen molar-refractivity contribution in [3.05, 3.63) is 40.5 Å². The fraction of sp³-hybridized carbons (Fsp3) is 0.286. The summed E-state index contributed by atoms with van der Waals surface area (Å²) in [5.41, 5.74) is 1.18. The molecule has 98 valence electrons. The number of carbonyl (C=O) groups is 1. The monoisotopic (exact) mass is 322 g/mol. The van der Waals surface area contributed by atoms with Crippen LogP contribution in [0.25, 0.3) is 0 Å². The summed E-state index contributed by atoms with van der Waals surface area (Å²) in [6, 6.07) is 11.8. The van der Waals surface area contributed by atoms with E-state index < -0.39 is 5.97 Å². The zero-order valence-electron chi connectivity index (χ0n) is 10.6. The van der Waals surface area contributed by atoms with Gasteiger partial charge in [0.05, 0.1) is 0 Å². The molecule has 0 bridgehead atoms. The minimum absolute atomic E-state index is 0.146. The van der Waals surface area contributed by atoms with Crippen molar-refractivity contribution in [3.8, 4) is 6.07 Å². The molecule has 0 atom stereocenters. The third-order valence-electron chi connectivity index (χ3n) is 2.67. The Kier molecular flexibility index (Phi) is 4.62. The molecular weight excluding hydrogens is 307 g/mol. The first kappa shape index (κ1) is 13.7. The van der Waals surface area contributed by atoms with Crippen LogP contribution in [0.1, 0.15) is 6.92 Å². The van der Waals surface area contributed by atoms with Crippen molar-refractivity contribution >= 4 is 26.6 Å². The maximum absolute atomic E-state index is 11.8. The molecule has 19 heavy (non-hydrogen) atoms. The molecule has 0 aromatic heterocycles. The quantitative estimate of drug-likeness (QED) is 0.369. The van der Waals surface area contributed by atoms with E-state index in [9.17, 15) is 10.1 Å². The first-order valence-corrected chi connectivity index (χ1v) is 8.11. The van der Waals surface area contributed by atoms with E-state index in [-0.39, 0.29) is 27.1 Å². The van der Waals surface area contributed by atoms with Crippen molar-refractivity contribution in [3.63, 3.8) is 0 Å². The Hall–Kier alpha value is -1.76. The summed E-state index contributed by atoms with van der Waals surface area (Å²) in [5, 5.41) is 10.2. The van der Waals surface area contributed by atoms with Crippen LogP contribution in [0, 0.1) is 11.3 Å². The molecule has 1 heterocycles. The van der Waals surface area contributed by atoms with Gasteiger partial charge in [0.25, 0.3) is 0 Å². The number of rotatable bonds is 3. The van der Waals surface area contributed by atoms with Crippen LogP contribution in [-0.4, -0.2) is 34.1 Å². The fourth-order valence-electron chi connectivity index (χ4n) is 1.86. The summed E-state index contributed by atoms with van der Waals surface area (Å²) in [4.78, 5) is 13.9. The van der Waals surface area contributed by atoms with Crippen LogP contribution in [0.3, 0.4) is 0 Å². The average molecular weight is 321 g/mol. The molecule has 1 aromatic carbocycles. The molecule has 0 unspecified atom stereocenters. The molecule has 0 amide bonds. The third kappa shape index (κ3) is 2.98. The fourth-order valence-corrected chi connectivity index (χ4v) is 4.15. The Bertz CT molecular complexity index is 534. The summed E-state index contributed by atoms with van der Waals surface area (Å²) in [5.74, 6) is -0.510. The van der Waals surface area contributed by atoms with Crippen LogP contribution in [0.4, 0.5) is 5.69 Å². The van der Waals surface area contributed by atoms with Gasteiger partial charge < -0.3 is 0 Å². The van der Waals surface area contributed by atoms with Gasteiger partial charge in [0.15, 0.2) is 0 Å². The number of esters is 1. The summed E-state index contributed by atoms with van der Waals surface area (Å²) in [6.07, 6.45) is 0. The van der Waals surface area contributed by atoms with Gasteiger partial charge in [0.2, 0.25) is 0 Å². The molecule has 0 spiro atoms. The number of hydrogen-bond donors (Lipinski definition) is 0. The number of benzene rings is 1. The van der Waals surface area contributed by atoms with E-state index in [2.05, 4.69) is 4.90 Å². The number of hydrogen-bond acceptors (Lipinski definition) is 4. The third-order valence-corrected chi connectivity index (χ3v) is 4.95. The Morgan fingerprint density at radius 1 is 1.47 bits per heavy atom. The van der Waals surface area contributed by atoms with E-state index in [4.69, 9.17) is 4.74 Å². The van der Waals surface area contributed by atoms with E-state index >= 15 is 0 Å². The number of nitriles is 1. The molecule has 1 fully saturated rings. The molecule has 0 saturated carbocycles. The van der Waals surface area contributed by atoms with Crippen LogP contribution in [0.2, 0.25) is 5.32 Å². The molecule has 2 rings (SSSR count). The van der Waals surface area contributed by atoms with Gasteiger partial charge in [-0.15, -0.1) is 0 Å². The summed E-state index contributed by atoms with van der Waals surface area (Å²) in [7, 11) is 0. The van der Waals surface area contributed by atoms with E-state index in [0.717, 1.165) is 22.1 Å². The SMILES string of the molecule is CCOC(=O)/C(C#N)=C1\[Se]CCN1c1ccccc1. The van der Waals surface area contributed by atoms with Crippen molar-refractivity contribution in [2.75, 3.05) is 18.1 Å². The maximum atomic E-state index is 11.8. The Balaban J connectivity index is 2.36. The number of nitrogens with zero attached hydrogens (tertiary/aromatic N) is 2. The molecular formula is C14H14N2O2Se. The first-order chi connectivity index (χ1) is 9.27. The van der Waals surface area contributed by atoms with E-state index in [1.165, 1.54) is 0 Å². The van der Waals surface area contributed by atoms with Crippen LogP contribution in [-0.2, 0) is 9.53 Å². The Morgan fingerprint density at radius 3 is 2.84 bits per heavy atom. The second-order valence-electron chi connectivity index (χ2n) is 3.85. The topological polar surface area (TPSA) is 53.3 Å². The number of ether oxygens (including phenoxy) is 1. The van der Waals surface area contributed by atoms with Gasteiger partial charge in [-0.3, -0.25) is 0 Å². The van der Waals surface area contributed by atoms with Crippen molar-refractivity contribution < 1.29 is 9.53 Å². The minimum atomic E-state index is -0.510. The standard InChI is InChI=1S/C14H14N2O2Se/c1-2-18-14(17)12(10-15)13-16(8-9-19-13)11-6-4-3-5-7-11/h3-7H,2,8-9H2,1H3/b13-12-. The molecule has 0 radical (unpaired) electrons. The van der Waals surface area contributed by atoms with Crippen LogP contribution < -0.4 is 4.90 Å². The second-order valence-corrected chi connectivity index (χ2v) is 6.12.